The fourth-order valence-electron chi connectivity index (χ4n) is 2.56. The number of hydrogen-bond donors (Lipinski definition) is 1. The van der Waals surface area contributed by atoms with Gasteiger partial charge < -0.3 is 10.1 Å². The Hall–Kier alpha value is -1.60. The summed E-state index contributed by atoms with van der Waals surface area (Å²) in [6.45, 7) is 0.775. The van der Waals surface area contributed by atoms with Gasteiger partial charge in [0.15, 0.2) is 0 Å². The van der Waals surface area contributed by atoms with Crippen LogP contribution in [0.15, 0.2) is 18.2 Å². The van der Waals surface area contributed by atoms with Gasteiger partial charge in [-0.1, -0.05) is 0 Å². The van der Waals surface area contributed by atoms with E-state index in [1.54, 1.807) is 6.07 Å². The number of rotatable bonds is 3. The maximum absolute atomic E-state index is 13.5. The minimum absolute atomic E-state index is 0.0852. The molecule has 0 bridgehead atoms. The predicted molar refractivity (Wildman–Crippen MR) is 65.6 cm³/mol. The van der Waals surface area contributed by atoms with Gasteiger partial charge in [0, 0.05) is 12.3 Å². The molecular formula is C14H15FN2O. The molecule has 3 rings (SSSR count). The molecule has 1 aliphatic carbocycles. The van der Waals surface area contributed by atoms with E-state index in [2.05, 4.69) is 5.32 Å². The molecule has 1 saturated heterocycles. The van der Waals surface area contributed by atoms with Gasteiger partial charge in [-0.05, 0) is 43.4 Å². The molecule has 1 aromatic rings. The lowest BCUT2D eigenvalue weighted by atomic mass is 10.1. The van der Waals surface area contributed by atoms with Gasteiger partial charge in [0.1, 0.15) is 11.9 Å². The highest BCUT2D eigenvalue weighted by Crippen LogP contribution is 2.39. The fraction of sp³-hybridized carbons (Fsp3) is 0.500. The third kappa shape index (κ3) is 2.19. The van der Waals surface area contributed by atoms with Crippen LogP contribution in [0.5, 0.6) is 0 Å². The highest BCUT2D eigenvalue weighted by molar-refractivity contribution is 5.49. The number of nitrogens with one attached hydrogen (secondary N) is 1. The van der Waals surface area contributed by atoms with Gasteiger partial charge in [0.2, 0.25) is 0 Å². The van der Waals surface area contributed by atoms with Gasteiger partial charge in [-0.15, -0.1) is 0 Å². The van der Waals surface area contributed by atoms with Crippen LogP contribution in [0.4, 0.5) is 10.1 Å². The number of nitriles is 1. The average molecular weight is 246 g/mol. The summed E-state index contributed by atoms with van der Waals surface area (Å²) < 4.78 is 19.2. The van der Waals surface area contributed by atoms with Gasteiger partial charge in [0.25, 0.3) is 0 Å². The van der Waals surface area contributed by atoms with Crippen LogP contribution < -0.4 is 5.32 Å². The molecule has 3 nitrogen and oxygen atoms in total. The topological polar surface area (TPSA) is 45.0 Å². The Kier molecular flexibility index (Phi) is 2.92. The highest BCUT2D eigenvalue weighted by Gasteiger charge is 2.40. The summed E-state index contributed by atoms with van der Waals surface area (Å²) >= 11 is 0. The van der Waals surface area contributed by atoms with E-state index < -0.39 is 5.82 Å². The highest BCUT2D eigenvalue weighted by atomic mass is 19.1. The number of hydrogen-bond acceptors (Lipinski definition) is 3. The van der Waals surface area contributed by atoms with Crippen LogP contribution in [0.25, 0.3) is 0 Å². The van der Waals surface area contributed by atoms with E-state index in [0.717, 1.165) is 18.7 Å². The SMILES string of the molecule is N#Cc1ccc(NC2CCOC2C2CC2)cc1F. The van der Waals surface area contributed by atoms with Crippen molar-refractivity contribution < 1.29 is 9.13 Å². The maximum Gasteiger partial charge on any atom is 0.143 e. The lowest BCUT2D eigenvalue weighted by Gasteiger charge is -2.20. The Bertz CT molecular complexity index is 493. The maximum atomic E-state index is 13.5. The van der Waals surface area contributed by atoms with Crippen molar-refractivity contribution in [2.75, 3.05) is 11.9 Å². The Morgan fingerprint density at radius 3 is 2.83 bits per heavy atom. The summed E-state index contributed by atoms with van der Waals surface area (Å²) in [5.74, 6) is 0.206. The van der Waals surface area contributed by atoms with Crippen LogP contribution >= 0.6 is 0 Å². The van der Waals surface area contributed by atoms with E-state index >= 15 is 0 Å². The van der Waals surface area contributed by atoms with Gasteiger partial charge in [0.05, 0.1) is 17.7 Å². The summed E-state index contributed by atoms with van der Waals surface area (Å²) in [5, 5.41) is 12.0. The smallest absolute Gasteiger partial charge is 0.143 e. The first-order valence-corrected chi connectivity index (χ1v) is 6.36. The predicted octanol–water partition coefficient (Wildman–Crippen LogP) is 2.68. The second-order valence-corrected chi connectivity index (χ2v) is 5.02. The Balaban J connectivity index is 1.72. The molecule has 0 aromatic heterocycles. The van der Waals surface area contributed by atoms with E-state index in [-0.39, 0.29) is 17.7 Å². The average Bonchev–Trinajstić information content (AvgIpc) is 3.11. The van der Waals surface area contributed by atoms with Crippen molar-refractivity contribution in [3.05, 3.63) is 29.6 Å². The minimum atomic E-state index is -0.468. The number of anilines is 1. The molecule has 0 radical (unpaired) electrons. The number of benzene rings is 1. The molecule has 0 spiro atoms. The second kappa shape index (κ2) is 4.58. The van der Waals surface area contributed by atoms with Gasteiger partial charge in [-0.25, -0.2) is 4.39 Å². The van der Waals surface area contributed by atoms with E-state index in [4.69, 9.17) is 10.00 Å². The monoisotopic (exact) mass is 246 g/mol. The lowest BCUT2D eigenvalue weighted by Crippen LogP contribution is -2.30. The zero-order chi connectivity index (χ0) is 12.5. The van der Waals surface area contributed by atoms with Crippen LogP contribution in [-0.2, 0) is 4.74 Å². The molecular weight excluding hydrogens is 231 g/mol. The van der Waals surface area contributed by atoms with Gasteiger partial charge in [-0.3, -0.25) is 0 Å². The van der Waals surface area contributed by atoms with Crippen molar-refractivity contribution in [1.82, 2.24) is 0 Å². The summed E-state index contributed by atoms with van der Waals surface area (Å²) in [4.78, 5) is 0. The van der Waals surface area contributed by atoms with Crippen LogP contribution in [-0.4, -0.2) is 18.8 Å². The molecule has 1 heterocycles. The van der Waals surface area contributed by atoms with Crippen molar-refractivity contribution in [2.24, 2.45) is 5.92 Å². The molecule has 0 amide bonds. The molecule has 1 N–H and O–H groups in total. The van der Waals surface area contributed by atoms with Crippen molar-refractivity contribution in [2.45, 2.75) is 31.4 Å². The molecule has 94 valence electrons. The molecule has 2 unspecified atom stereocenters. The number of ether oxygens (including phenoxy) is 1. The van der Waals surface area contributed by atoms with Crippen LogP contribution in [0, 0.1) is 23.1 Å². The molecule has 4 heteroatoms. The summed E-state index contributed by atoms with van der Waals surface area (Å²) in [6, 6.07) is 6.75. The van der Waals surface area contributed by atoms with E-state index in [9.17, 15) is 4.39 Å². The molecule has 1 saturated carbocycles. The Labute approximate surface area is 106 Å². The zero-order valence-corrected chi connectivity index (χ0v) is 10.0. The first-order chi connectivity index (χ1) is 8.78. The summed E-state index contributed by atoms with van der Waals surface area (Å²) in [5.41, 5.74) is 0.814. The van der Waals surface area contributed by atoms with Crippen molar-refractivity contribution >= 4 is 5.69 Å². The first-order valence-electron chi connectivity index (χ1n) is 6.36. The molecule has 1 aromatic carbocycles. The quantitative estimate of drug-likeness (QED) is 0.891. The summed E-state index contributed by atoms with van der Waals surface area (Å²) in [6.07, 6.45) is 3.71. The third-order valence-electron chi connectivity index (χ3n) is 3.66. The third-order valence-corrected chi connectivity index (χ3v) is 3.66. The van der Waals surface area contributed by atoms with E-state index in [1.807, 2.05) is 6.07 Å². The molecule has 1 aliphatic heterocycles. The lowest BCUT2D eigenvalue weighted by molar-refractivity contribution is 0.0898. The summed E-state index contributed by atoms with van der Waals surface area (Å²) in [7, 11) is 0. The molecule has 18 heavy (non-hydrogen) atoms. The van der Waals surface area contributed by atoms with E-state index in [0.29, 0.717) is 5.92 Å². The van der Waals surface area contributed by atoms with Gasteiger partial charge >= 0.3 is 0 Å². The minimum Gasteiger partial charge on any atom is -0.380 e. The van der Waals surface area contributed by atoms with Crippen molar-refractivity contribution in [3.8, 4) is 6.07 Å². The largest absolute Gasteiger partial charge is 0.380 e. The van der Waals surface area contributed by atoms with Crippen molar-refractivity contribution in [1.29, 1.82) is 5.26 Å². The number of halogens is 1. The van der Waals surface area contributed by atoms with Crippen molar-refractivity contribution in [3.63, 3.8) is 0 Å². The number of nitrogens with zero attached hydrogens (tertiary/aromatic N) is 1. The van der Waals surface area contributed by atoms with Gasteiger partial charge in [-0.2, -0.15) is 5.26 Å². The van der Waals surface area contributed by atoms with Crippen LogP contribution in [0.3, 0.4) is 0 Å². The molecule has 2 fully saturated rings. The Morgan fingerprint density at radius 2 is 2.17 bits per heavy atom. The Morgan fingerprint density at radius 1 is 1.33 bits per heavy atom. The standard InChI is InChI=1S/C14H15FN2O/c15-12-7-11(4-3-10(12)8-16)17-13-5-6-18-14(13)9-1-2-9/h3-4,7,9,13-14,17H,1-2,5-6H2. The van der Waals surface area contributed by atoms with Crippen LogP contribution in [0.2, 0.25) is 0 Å². The fourth-order valence-corrected chi connectivity index (χ4v) is 2.56. The molecule has 2 atom stereocenters. The second-order valence-electron chi connectivity index (χ2n) is 5.02. The van der Waals surface area contributed by atoms with E-state index in [1.165, 1.54) is 25.0 Å². The van der Waals surface area contributed by atoms with Crippen LogP contribution in [0.1, 0.15) is 24.8 Å². The zero-order valence-electron chi connectivity index (χ0n) is 10.0. The normalized spacial score (nSPS) is 26.9. The first kappa shape index (κ1) is 11.5. The molecule has 2 aliphatic rings.